The summed E-state index contributed by atoms with van der Waals surface area (Å²) in [6.07, 6.45) is 0. The van der Waals surface area contributed by atoms with Gasteiger partial charge in [0.05, 0.1) is 5.39 Å². The maximum atomic E-state index is 5.98. The molecule has 0 fully saturated rings. The van der Waals surface area contributed by atoms with Gasteiger partial charge in [0.2, 0.25) is 5.28 Å². The average Bonchev–Trinajstić information content (AvgIpc) is 2.75. The van der Waals surface area contributed by atoms with E-state index in [0.717, 1.165) is 22.6 Å². The first-order chi connectivity index (χ1) is 8.97. The van der Waals surface area contributed by atoms with Gasteiger partial charge in [0.25, 0.3) is 0 Å². The van der Waals surface area contributed by atoms with E-state index in [1.807, 2.05) is 11.4 Å². The molecule has 4 nitrogen and oxygen atoms in total. The van der Waals surface area contributed by atoms with E-state index in [2.05, 4.69) is 48.1 Å². The molecule has 19 heavy (non-hydrogen) atoms. The van der Waals surface area contributed by atoms with E-state index in [-0.39, 0.29) is 0 Å². The second-order valence-electron chi connectivity index (χ2n) is 5.24. The molecule has 0 saturated carbocycles. The Morgan fingerprint density at radius 3 is 2.74 bits per heavy atom. The van der Waals surface area contributed by atoms with Crippen LogP contribution in [-0.2, 0) is 0 Å². The van der Waals surface area contributed by atoms with Crippen LogP contribution in [0.2, 0.25) is 5.28 Å². The number of anilines is 1. The first kappa shape index (κ1) is 14.5. The molecule has 2 aromatic rings. The van der Waals surface area contributed by atoms with E-state index < -0.39 is 0 Å². The van der Waals surface area contributed by atoms with Crippen LogP contribution in [0.4, 0.5) is 5.82 Å². The Kier molecular flexibility index (Phi) is 4.60. The number of halogens is 1. The van der Waals surface area contributed by atoms with Crippen molar-refractivity contribution in [3.63, 3.8) is 0 Å². The Bertz CT molecular complexity index is 553. The van der Waals surface area contributed by atoms with Crippen LogP contribution in [-0.4, -0.2) is 41.5 Å². The minimum atomic E-state index is 0.296. The second kappa shape index (κ2) is 6.03. The Labute approximate surface area is 122 Å². The van der Waals surface area contributed by atoms with Crippen molar-refractivity contribution in [2.75, 3.05) is 26.0 Å². The van der Waals surface area contributed by atoms with Crippen LogP contribution in [0.1, 0.15) is 13.8 Å². The molecule has 0 aliphatic rings. The first-order valence-electron chi connectivity index (χ1n) is 6.29. The summed E-state index contributed by atoms with van der Waals surface area (Å²) >= 11 is 7.56. The Morgan fingerprint density at radius 2 is 2.11 bits per heavy atom. The number of aromatic nitrogens is 2. The lowest BCUT2D eigenvalue weighted by Crippen LogP contribution is -2.36. The highest BCUT2D eigenvalue weighted by Crippen LogP contribution is 2.27. The Hall–Kier alpha value is -0.910. The van der Waals surface area contributed by atoms with Crippen LogP contribution in [0.25, 0.3) is 10.2 Å². The maximum absolute atomic E-state index is 5.98. The number of rotatable bonds is 5. The molecular formula is C13H19ClN4S. The van der Waals surface area contributed by atoms with Crippen molar-refractivity contribution in [3.05, 3.63) is 16.7 Å². The lowest BCUT2D eigenvalue weighted by Gasteiger charge is -2.26. The topological polar surface area (TPSA) is 41.0 Å². The fourth-order valence-corrected chi connectivity index (χ4v) is 2.91. The molecule has 0 radical (unpaired) electrons. The molecule has 2 rings (SSSR count). The Morgan fingerprint density at radius 1 is 1.37 bits per heavy atom. The summed E-state index contributed by atoms with van der Waals surface area (Å²) in [5, 5.41) is 6.86. The number of hydrogen-bond donors (Lipinski definition) is 1. The summed E-state index contributed by atoms with van der Waals surface area (Å²) in [5.41, 5.74) is 0. The van der Waals surface area contributed by atoms with Gasteiger partial charge in [-0.3, -0.25) is 0 Å². The van der Waals surface area contributed by atoms with E-state index in [0.29, 0.717) is 17.2 Å². The molecule has 104 valence electrons. The summed E-state index contributed by atoms with van der Waals surface area (Å²) in [7, 11) is 4.15. The van der Waals surface area contributed by atoms with Crippen LogP contribution < -0.4 is 5.32 Å². The fourth-order valence-electron chi connectivity index (χ4n) is 1.93. The summed E-state index contributed by atoms with van der Waals surface area (Å²) in [4.78, 5) is 11.7. The molecule has 0 spiro atoms. The van der Waals surface area contributed by atoms with Crippen molar-refractivity contribution in [1.29, 1.82) is 0 Å². The molecule has 6 heteroatoms. The first-order valence-corrected chi connectivity index (χ1v) is 7.55. The number of fused-ring (bicyclic) bond motifs is 1. The fraction of sp³-hybridized carbons (Fsp3) is 0.538. The highest BCUT2D eigenvalue weighted by Gasteiger charge is 2.17. The highest BCUT2D eigenvalue weighted by atomic mass is 35.5. The van der Waals surface area contributed by atoms with Gasteiger partial charge in [-0.25, -0.2) is 9.97 Å². The van der Waals surface area contributed by atoms with Gasteiger partial charge in [-0.1, -0.05) is 13.8 Å². The highest BCUT2D eigenvalue weighted by molar-refractivity contribution is 7.16. The molecule has 0 bridgehead atoms. The van der Waals surface area contributed by atoms with Gasteiger partial charge < -0.3 is 10.2 Å². The van der Waals surface area contributed by atoms with Crippen molar-refractivity contribution >= 4 is 39.0 Å². The molecule has 0 aromatic carbocycles. The minimum absolute atomic E-state index is 0.296. The molecule has 0 aliphatic heterocycles. The van der Waals surface area contributed by atoms with Crippen LogP contribution in [0.3, 0.4) is 0 Å². The predicted molar refractivity (Wildman–Crippen MR) is 83.2 cm³/mol. The van der Waals surface area contributed by atoms with Crippen LogP contribution in [0.15, 0.2) is 11.4 Å². The van der Waals surface area contributed by atoms with E-state index in [9.17, 15) is 0 Å². The molecule has 0 saturated heterocycles. The van der Waals surface area contributed by atoms with Crippen molar-refractivity contribution < 1.29 is 0 Å². The zero-order valence-electron chi connectivity index (χ0n) is 11.6. The Balaban J connectivity index is 2.30. The van der Waals surface area contributed by atoms with Crippen molar-refractivity contribution in [3.8, 4) is 0 Å². The van der Waals surface area contributed by atoms with Gasteiger partial charge in [0, 0.05) is 12.6 Å². The van der Waals surface area contributed by atoms with Crippen molar-refractivity contribution in [2.24, 2.45) is 5.92 Å². The molecular weight excluding hydrogens is 280 g/mol. The largest absolute Gasteiger partial charge is 0.365 e. The third-order valence-electron chi connectivity index (χ3n) is 2.99. The smallest absolute Gasteiger partial charge is 0.225 e. The number of nitrogens with one attached hydrogen (secondary N) is 1. The zero-order valence-corrected chi connectivity index (χ0v) is 13.2. The molecule has 0 amide bonds. The number of nitrogens with zero attached hydrogens (tertiary/aromatic N) is 3. The molecule has 0 aliphatic carbocycles. The molecule has 1 atom stereocenters. The van der Waals surface area contributed by atoms with E-state index in [1.165, 1.54) is 0 Å². The van der Waals surface area contributed by atoms with Gasteiger partial charge in [0.15, 0.2) is 0 Å². The summed E-state index contributed by atoms with van der Waals surface area (Å²) in [6.45, 7) is 5.36. The van der Waals surface area contributed by atoms with E-state index in [4.69, 9.17) is 11.6 Å². The number of thiophene rings is 1. The van der Waals surface area contributed by atoms with Crippen molar-refractivity contribution in [1.82, 2.24) is 14.9 Å². The minimum Gasteiger partial charge on any atom is -0.365 e. The van der Waals surface area contributed by atoms with Gasteiger partial charge in [0.1, 0.15) is 10.6 Å². The van der Waals surface area contributed by atoms with Crippen molar-refractivity contribution in [2.45, 2.75) is 19.9 Å². The summed E-state index contributed by atoms with van der Waals surface area (Å²) in [6, 6.07) is 2.36. The summed E-state index contributed by atoms with van der Waals surface area (Å²) < 4.78 is 0. The van der Waals surface area contributed by atoms with E-state index in [1.54, 1.807) is 11.3 Å². The number of likely N-dealkylation sites (N-methyl/N-ethyl adjacent to an activating group) is 1. The molecule has 2 heterocycles. The summed E-state index contributed by atoms with van der Waals surface area (Å²) in [5.74, 6) is 1.33. The normalized spacial score (nSPS) is 13.4. The maximum Gasteiger partial charge on any atom is 0.225 e. The number of hydrogen-bond acceptors (Lipinski definition) is 5. The third kappa shape index (κ3) is 3.55. The lowest BCUT2D eigenvalue weighted by atomic mass is 10.0. The van der Waals surface area contributed by atoms with Gasteiger partial charge in [-0.2, -0.15) is 0 Å². The van der Waals surface area contributed by atoms with Crippen LogP contribution >= 0.6 is 22.9 Å². The monoisotopic (exact) mass is 298 g/mol. The zero-order chi connectivity index (χ0) is 14.0. The van der Waals surface area contributed by atoms with Gasteiger partial charge >= 0.3 is 0 Å². The van der Waals surface area contributed by atoms with Gasteiger partial charge in [-0.15, -0.1) is 11.3 Å². The van der Waals surface area contributed by atoms with Gasteiger partial charge in [-0.05, 0) is 43.1 Å². The van der Waals surface area contributed by atoms with E-state index >= 15 is 0 Å². The molecule has 1 unspecified atom stereocenters. The molecule has 2 aromatic heterocycles. The second-order valence-corrected chi connectivity index (χ2v) is 6.47. The predicted octanol–water partition coefficient (Wildman–Crippen LogP) is 3.34. The SMILES string of the molecule is CC(C)C(CN(C)C)Nc1nc(Cl)nc2sccc12. The quantitative estimate of drug-likeness (QED) is 0.860. The lowest BCUT2D eigenvalue weighted by molar-refractivity contribution is 0.344. The average molecular weight is 299 g/mol. The van der Waals surface area contributed by atoms with Crippen LogP contribution in [0, 0.1) is 5.92 Å². The standard InChI is InChI=1S/C13H19ClN4S/c1-8(2)10(7-18(3)4)15-11-9-5-6-19-12(9)17-13(14)16-11/h5-6,8,10H,7H2,1-4H3,(H,15,16,17). The third-order valence-corrected chi connectivity index (χ3v) is 3.96. The molecule has 1 N–H and O–H groups in total. The van der Waals surface area contributed by atoms with Crippen LogP contribution in [0.5, 0.6) is 0 Å².